The van der Waals surface area contributed by atoms with Gasteiger partial charge >= 0.3 is 0 Å². The average molecular weight is 415 g/mol. The second kappa shape index (κ2) is 5.64. The van der Waals surface area contributed by atoms with E-state index >= 15 is 0 Å². The van der Waals surface area contributed by atoms with Crippen LogP contribution >= 0.6 is 11.6 Å². The van der Waals surface area contributed by atoms with Gasteiger partial charge in [-0.3, -0.25) is 9.36 Å². The molecule has 6 heteroatoms. The van der Waals surface area contributed by atoms with Gasteiger partial charge < -0.3 is 10.2 Å². The second-order valence-corrected chi connectivity index (χ2v) is 8.54. The van der Waals surface area contributed by atoms with Crippen molar-refractivity contribution in [2.24, 2.45) is 0 Å². The van der Waals surface area contributed by atoms with Gasteiger partial charge in [-0.25, -0.2) is 4.98 Å². The van der Waals surface area contributed by atoms with E-state index in [1.165, 1.54) is 5.56 Å². The third-order valence-corrected chi connectivity index (χ3v) is 6.65. The van der Waals surface area contributed by atoms with E-state index in [4.69, 9.17) is 16.6 Å². The number of amides is 1. The summed E-state index contributed by atoms with van der Waals surface area (Å²) in [6, 6.07) is 17.8. The zero-order valence-electron chi connectivity index (χ0n) is 16.8. The van der Waals surface area contributed by atoms with Gasteiger partial charge in [-0.1, -0.05) is 23.7 Å². The van der Waals surface area contributed by atoms with E-state index in [0.717, 1.165) is 44.9 Å². The second-order valence-electron chi connectivity index (χ2n) is 8.10. The van der Waals surface area contributed by atoms with E-state index < -0.39 is 5.66 Å². The van der Waals surface area contributed by atoms with E-state index in [0.29, 0.717) is 5.02 Å². The minimum absolute atomic E-state index is 0.0620. The van der Waals surface area contributed by atoms with Crippen LogP contribution in [0.3, 0.4) is 0 Å². The first-order valence-corrected chi connectivity index (χ1v) is 10.3. The number of nitrogens with zero attached hydrogens (tertiary/aromatic N) is 3. The highest BCUT2D eigenvalue weighted by molar-refractivity contribution is 6.31. The van der Waals surface area contributed by atoms with E-state index in [2.05, 4.69) is 35.9 Å². The van der Waals surface area contributed by atoms with Crippen molar-refractivity contribution >= 4 is 39.9 Å². The van der Waals surface area contributed by atoms with Crippen LogP contribution in [0.25, 0.3) is 22.4 Å². The minimum Gasteiger partial charge on any atom is -0.350 e. The highest BCUT2D eigenvalue weighted by Crippen LogP contribution is 2.50. The van der Waals surface area contributed by atoms with Crippen LogP contribution in [0.15, 0.2) is 54.6 Å². The number of fused-ring (bicyclic) bond motifs is 8. The topological polar surface area (TPSA) is 50.2 Å². The summed E-state index contributed by atoms with van der Waals surface area (Å²) in [5.41, 5.74) is 6.50. The Bertz CT molecular complexity index is 1410. The van der Waals surface area contributed by atoms with Gasteiger partial charge in [0.05, 0.1) is 16.7 Å². The molecule has 6 rings (SSSR count). The summed E-state index contributed by atoms with van der Waals surface area (Å²) in [6.45, 7) is 4.16. The van der Waals surface area contributed by atoms with Gasteiger partial charge in [0.1, 0.15) is 5.82 Å². The van der Waals surface area contributed by atoms with Gasteiger partial charge in [0.2, 0.25) is 5.66 Å². The number of nitrogens with one attached hydrogen (secondary N) is 1. The Balaban J connectivity index is 1.81. The number of carbonyl (C=O) groups is 1. The number of likely N-dealkylation sites (N-methyl/N-ethyl adjacent to an activating group) is 1. The number of aromatic nitrogens is 2. The summed E-state index contributed by atoms with van der Waals surface area (Å²) >= 11 is 6.40. The van der Waals surface area contributed by atoms with Crippen LogP contribution in [0.4, 0.5) is 11.4 Å². The van der Waals surface area contributed by atoms with Crippen LogP contribution in [0, 0.1) is 13.8 Å². The number of carbonyl (C=O) groups excluding carboxylic acids is 1. The molecule has 3 aromatic carbocycles. The molecule has 5 nitrogen and oxygen atoms in total. The maximum atomic E-state index is 13.9. The smallest absolute Gasteiger partial charge is 0.278 e. The first-order valence-electron chi connectivity index (χ1n) is 9.88. The lowest BCUT2D eigenvalue weighted by Gasteiger charge is -2.38. The molecule has 1 unspecified atom stereocenters. The van der Waals surface area contributed by atoms with Crippen LogP contribution in [-0.4, -0.2) is 22.5 Å². The monoisotopic (exact) mass is 414 g/mol. The maximum absolute atomic E-state index is 13.9. The molecule has 1 amide bonds. The number of hydrogen-bond acceptors (Lipinski definition) is 3. The Morgan fingerprint density at radius 1 is 1.03 bits per heavy atom. The third-order valence-electron chi connectivity index (χ3n) is 6.41. The number of aryl methyl sites for hydroxylation is 2. The number of hydrogen-bond donors (Lipinski definition) is 1. The summed E-state index contributed by atoms with van der Waals surface area (Å²) < 4.78 is 2.05. The summed E-state index contributed by atoms with van der Waals surface area (Å²) in [5.74, 6) is 0.715. The minimum atomic E-state index is -1.14. The Kier molecular flexibility index (Phi) is 3.30. The Morgan fingerprint density at radius 2 is 1.80 bits per heavy atom. The molecule has 1 atom stereocenters. The van der Waals surface area contributed by atoms with Gasteiger partial charge in [-0.15, -0.1) is 0 Å². The van der Waals surface area contributed by atoms with Crippen molar-refractivity contribution in [2.45, 2.75) is 19.5 Å². The Hall–Kier alpha value is -3.31. The van der Waals surface area contributed by atoms with Gasteiger partial charge in [0.25, 0.3) is 5.91 Å². The van der Waals surface area contributed by atoms with Crippen molar-refractivity contribution < 1.29 is 4.79 Å². The molecule has 0 fully saturated rings. The molecule has 0 radical (unpaired) electrons. The molecular formula is C24H19ClN4O. The third kappa shape index (κ3) is 1.98. The van der Waals surface area contributed by atoms with Gasteiger partial charge in [0.15, 0.2) is 0 Å². The first kappa shape index (κ1) is 17.5. The molecule has 0 bridgehead atoms. The standard InChI is InChI=1S/C24H19ClN4O/c1-13-10-19-21(11-14(13)2)29-22(26-19)16-6-4-5-7-18(16)27-24(29)17-12-15(25)8-9-20(17)28(3)23(24)30/h4-12,27H,1-3H3. The first-order chi connectivity index (χ1) is 14.4. The molecule has 1 aromatic heterocycles. The summed E-state index contributed by atoms with van der Waals surface area (Å²) in [7, 11) is 1.81. The Morgan fingerprint density at radius 3 is 2.63 bits per heavy atom. The fourth-order valence-electron chi connectivity index (χ4n) is 4.79. The van der Waals surface area contributed by atoms with Gasteiger partial charge in [-0.05, 0) is 67.4 Å². The lowest BCUT2D eigenvalue weighted by Crippen LogP contribution is -2.52. The summed E-state index contributed by atoms with van der Waals surface area (Å²) in [6.07, 6.45) is 0. The molecule has 2 aliphatic rings. The van der Waals surface area contributed by atoms with Crippen LogP contribution in [-0.2, 0) is 10.5 Å². The van der Waals surface area contributed by atoms with E-state index in [1.54, 1.807) is 11.9 Å². The SMILES string of the molecule is Cc1cc2nc3n(c2cc1C)C1(Nc2ccccc2-3)C(=O)N(C)c2ccc(Cl)cc21. The molecule has 0 aliphatic carbocycles. The lowest BCUT2D eigenvalue weighted by molar-refractivity contribution is -0.122. The molecule has 148 valence electrons. The van der Waals surface area contributed by atoms with Crippen molar-refractivity contribution in [3.8, 4) is 11.4 Å². The van der Waals surface area contributed by atoms with Crippen molar-refractivity contribution in [3.63, 3.8) is 0 Å². The van der Waals surface area contributed by atoms with Crippen LogP contribution in [0.1, 0.15) is 16.7 Å². The van der Waals surface area contributed by atoms with Gasteiger partial charge in [-0.2, -0.15) is 0 Å². The van der Waals surface area contributed by atoms with Crippen LogP contribution in [0.5, 0.6) is 0 Å². The van der Waals surface area contributed by atoms with E-state index in [1.807, 2.05) is 42.5 Å². The number of para-hydroxylation sites is 1. The summed E-state index contributed by atoms with van der Waals surface area (Å²) in [4.78, 5) is 20.6. The number of rotatable bonds is 0. The highest BCUT2D eigenvalue weighted by Gasteiger charge is 2.55. The molecular weight excluding hydrogens is 396 g/mol. The molecule has 3 heterocycles. The highest BCUT2D eigenvalue weighted by atomic mass is 35.5. The molecule has 2 aliphatic heterocycles. The van der Waals surface area contributed by atoms with Crippen LogP contribution < -0.4 is 10.2 Å². The number of imidazole rings is 1. The quantitative estimate of drug-likeness (QED) is 0.436. The lowest BCUT2D eigenvalue weighted by atomic mass is 9.95. The van der Waals surface area contributed by atoms with E-state index in [9.17, 15) is 4.79 Å². The largest absolute Gasteiger partial charge is 0.350 e. The van der Waals surface area contributed by atoms with Gasteiger partial charge in [0, 0.05) is 28.9 Å². The molecule has 0 saturated carbocycles. The fraction of sp³-hybridized carbons (Fsp3) is 0.167. The normalized spacial score (nSPS) is 19.1. The van der Waals surface area contributed by atoms with Crippen molar-refractivity contribution in [1.29, 1.82) is 0 Å². The van der Waals surface area contributed by atoms with Crippen molar-refractivity contribution in [3.05, 3.63) is 76.3 Å². The molecule has 4 aromatic rings. The fourth-order valence-corrected chi connectivity index (χ4v) is 4.96. The zero-order chi connectivity index (χ0) is 20.8. The Labute approximate surface area is 178 Å². The zero-order valence-corrected chi connectivity index (χ0v) is 17.6. The number of benzene rings is 3. The van der Waals surface area contributed by atoms with E-state index in [-0.39, 0.29) is 5.91 Å². The van der Waals surface area contributed by atoms with Crippen LogP contribution in [0.2, 0.25) is 5.02 Å². The maximum Gasteiger partial charge on any atom is 0.278 e. The molecule has 1 spiro atoms. The predicted molar refractivity (Wildman–Crippen MR) is 120 cm³/mol. The molecule has 0 saturated heterocycles. The van der Waals surface area contributed by atoms with Crippen molar-refractivity contribution in [1.82, 2.24) is 9.55 Å². The molecule has 30 heavy (non-hydrogen) atoms. The number of halogens is 1. The van der Waals surface area contributed by atoms with Crippen molar-refractivity contribution in [2.75, 3.05) is 17.3 Å². The predicted octanol–water partition coefficient (Wildman–Crippen LogP) is 5.08. The average Bonchev–Trinajstić information content (AvgIpc) is 3.19. The number of anilines is 2. The molecule has 1 N–H and O–H groups in total. The summed E-state index contributed by atoms with van der Waals surface area (Å²) in [5, 5.41) is 4.17.